The van der Waals surface area contributed by atoms with Gasteiger partial charge >= 0.3 is 0 Å². The Kier molecular flexibility index (Phi) is 4.59. The zero-order chi connectivity index (χ0) is 14.9. The van der Waals surface area contributed by atoms with E-state index in [2.05, 4.69) is 5.32 Å². The van der Waals surface area contributed by atoms with Crippen LogP contribution in [0.3, 0.4) is 0 Å². The first-order chi connectivity index (χ1) is 9.36. The molecular formula is C13H19ClN2O3S. The standard InChI is InChI=1S/C13H19ClN2O3S/c1-16(2)20(17,18)12-7-10(14)6-9(13(12)19-3)8-15-11-4-5-11/h6-7,11,15H,4-5,8H2,1-3H3. The Hall–Kier alpha value is -0.820. The van der Waals surface area contributed by atoms with Crippen LogP contribution in [0.2, 0.25) is 5.02 Å². The van der Waals surface area contributed by atoms with E-state index >= 15 is 0 Å². The molecule has 1 aromatic carbocycles. The van der Waals surface area contributed by atoms with Gasteiger partial charge in [0.15, 0.2) is 0 Å². The van der Waals surface area contributed by atoms with Crippen LogP contribution in [0.15, 0.2) is 17.0 Å². The fourth-order valence-electron chi connectivity index (χ4n) is 1.92. The third-order valence-corrected chi connectivity index (χ3v) is 5.26. The number of benzene rings is 1. The van der Waals surface area contributed by atoms with Gasteiger partial charge in [-0.3, -0.25) is 0 Å². The van der Waals surface area contributed by atoms with E-state index in [9.17, 15) is 8.42 Å². The van der Waals surface area contributed by atoms with E-state index in [1.54, 1.807) is 6.07 Å². The molecule has 5 nitrogen and oxygen atoms in total. The number of halogens is 1. The van der Waals surface area contributed by atoms with Gasteiger partial charge in [0.05, 0.1) is 7.11 Å². The number of nitrogens with one attached hydrogen (secondary N) is 1. The van der Waals surface area contributed by atoms with Crippen LogP contribution in [0.1, 0.15) is 18.4 Å². The largest absolute Gasteiger partial charge is 0.495 e. The maximum absolute atomic E-state index is 12.3. The molecule has 7 heteroatoms. The third-order valence-electron chi connectivity index (χ3n) is 3.22. The number of ether oxygens (including phenoxy) is 1. The summed E-state index contributed by atoms with van der Waals surface area (Å²) >= 11 is 6.05. The SMILES string of the molecule is COc1c(CNC2CC2)cc(Cl)cc1S(=O)(=O)N(C)C. The van der Waals surface area contributed by atoms with Crippen molar-refractivity contribution < 1.29 is 13.2 Å². The van der Waals surface area contributed by atoms with Crippen molar-refractivity contribution in [3.63, 3.8) is 0 Å². The lowest BCUT2D eigenvalue weighted by atomic mass is 10.2. The van der Waals surface area contributed by atoms with E-state index in [1.807, 2.05) is 0 Å². The number of sulfonamides is 1. The first kappa shape index (κ1) is 15.6. The minimum Gasteiger partial charge on any atom is -0.495 e. The summed E-state index contributed by atoms with van der Waals surface area (Å²) in [5.41, 5.74) is 0.757. The Morgan fingerprint density at radius 1 is 1.40 bits per heavy atom. The van der Waals surface area contributed by atoms with E-state index in [0.29, 0.717) is 23.4 Å². The Morgan fingerprint density at radius 3 is 2.55 bits per heavy atom. The Labute approximate surface area is 124 Å². The molecule has 0 heterocycles. The van der Waals surface area contributed by atoms with Crippen LogP contribution < -0.4 is 10.1 Å². The summed E-state index contributed by atoms with van der Waals surface area (Å²) < 4.78 is 31.1. The van der Waals surface area contributed by atoms with E-state index < -0.39 is 10.0 Å². The van der Waals surface area contributed by atoms with Crippen molar-refractivity contribution in [2.45, 2.75) is 30.3 Å². The lowest BCUT2D eigenvalue weighted by molar-refractivity contribution is 0.393. The van der Waals surface area contributed by atoms with Crippen LogP contribution in [-0.4, -0.2) is 40.0 Å². The highest BCUT2D eigenvalue weighted by atomic mass is 35.5. The number of hydrogen-bond acceptors (Lipinski definition) is 4. The zero-order valence-corrected chi connectivity index (χ0v) is 13.4. The van der Waals surface area contributed by atoms with Gasteiger partial charge in [-0.05, 0) is 25.0 Å². The summed E-state index contributed by atoms with van der Waals surface area (Å²) in [6.07, 6.45) is 2.32. The predicted molar refractivity (Wildman–Crippen MR) is 78.7 cm³/mol. The molecule has 1 fully saturated rings. The smallest absolute Gasteiger partial charge is 0.246 e. The molecule has 112 valence electrons. The van der Waals surface area contributed by atoms with Gasteiger partial charge in [0, 0.05) is 37.3 Å². The normalized spacial score (nSPS) is 15.7. The number of nitrogens with zero attached hydrogens (tertiary/aromatic N) is 1. The van der Waals surface area contributed by atoms with Crippen molar-refractivity contribution in [1.29, 1.82) is 0 Å². The van der Waals surface area contributed by atoms with Gasteiger partial charge in [-0.15, -0.1) is 0 Å². The summed E-state index contributed by atoms with van der Waals surface area (Å²) in [6, 6.07) is 3.69. The zero-order valence-electron chi connectivity index (χ0n) is 11.8. The van der Waals surface area contributed by atoms with Gasteiger partial charge in [0.2, 0.25) is 10.0 Å². The summed E-state index contributed by atoms with van der Waals surface area (Å²) in [6.45, 7) is 0.546. The van der Waals surface area contributed by atoms with E-state index in [1.165, 1.54) is 27.3 Å². The molecular weight excluding hydrogens is 300 g/mol. The summed E-state index contributed by atoms with van der Waals surface area (Å²) in [7, 11) is 0.847. The Balaban J connectivity index is 2.44. The predicted octanol–water partition coefficient (Wildman–Crippen LogP) is 1.85. The summed E-state index contributed by atoms with van der Waals surface area (Å²) in [5.74, 6) is 0.358. The second kappa shape index (κ2) is 5.89. The minimum atomic E-state index is -3.59. The first-order valence-corrected chi connectivity index (χ1v) is 8.20. The molecule has 0 atom stereocenters. The van der Waals surface area contributed by atoms with Crippen LogP contribution >= 0.6 is 11.6 Å². The van der Waals surface area contributed by atoms with Crippen molar-refractivity contribution >= 4 is 21.6 Å². The summed E-state index contributed by atoms with van der Waals surface area (Å²) in [5, 5.41) is 3.72. The molecule has 1 aromatic rings. The molecule has 0 aliphatic heterocycles. The van der Waals surface area contributed by atoms with E-state index in [4.69, 9.17) is 16.3 Å². The van der Waals surface area contributed by atoms with Gasteiger partial charge in [-0.1, -0.05) is 11.6 Å². The molecule has 0 aromatic heterocycles. The van der Waals surface area contributed by atoms with Gasteiger partial charge in [0.1, 0.15) is 10.6 Å². The first-order valence-electron chi connectivity index (χ1n) is 6.38. The average molecular weight is 319 g/mol. The van der Waals surface area contributed by atoms with Gasteiger partial charge in [-0.25, -0.2) is 12.7 Å². The van der Waals surface area contributed by atoms with Gasteiger partial charge < -0.3 is 10.1 Å². The molecule has 0 bridgehead atoms. The fraction of sp³-hybridized carbons (Fsp3) is 0.538. The van der Waals surface area contributed by atoms with Gasteiger partial charge in [-0.2, -0.15) is 0 Å². The van der Waals surface area contributed by atoms with Crippen molar-refractivity contribution in [3.8, 4) is 5.75 Å². The van der Waals surface area contributed by atoms with Crippen LogP contribution in [0.25, 0.3) is 0 Å². The number of rotatable bonds is 6. The van der Waals surface area contributed by atoms with Crippen molar-refractivity contribution in [3.05, 3.63) is 22.7 Å². The number of hydrogen-bond donors (Lipinski definition) is 1. The van der Waals surface area contributed by atoms with Crippen LogP contribution in [0, 0.1) is 0 Å². The second-order valence-corrected chi connectivity index (χ2v) is 7.60. The molecule has 0 saturated heterocycles. The maximum atomic E-state index is 12.3. The van der Waals surface area contributed by atoms with Crippen LogP contribution in [0.5, 0.6) is 5.75 Å². The molecule has 1 aliphatic carbocycles. The van der Waals surface area contributed by atoms with Gasteiger partial charge in [0.25, 0.3) is 0 Å². The average Bonchev–Trinajstić information content (AvgIpc) is 3.19. The highest BCUT2D eigenvalue weighted by molar-refractivity contribution is 7.89. The molecule has 0 amide bonds. The Bertz CT molecular complexity index is 598. The van der Waals surface area contributed by atoms with E-state index in [-0.39, 0.29) is 4.90 Å². The molecule has 0 radical (unpaired) electrons. The highest BCUT2D eigenvalue weighted by Gasteiger charge is 2.26. The molecule has 1 saturated carbocycles. The van der Waals surface area contributed by atoms with Crippen LogP contribution in [-0.2, 0) is 16.6 Å². The minimum absolute atomic E-state index is 0.102. The second-order valence-electron chi connectivity index (χ2n) is 5.04. The third kappa shape index (κ3) is 3.25. The quantitative estimate of drug-likeness (QED) is 0.869. The maximum Gasteiger partial charge on any atom is 0.246 e. The molecule has 1 N–H and O–H groups in total. The highest BCUT2D eigenvalue weighted by Crippen LogP contribution is 2.33. The lowest BCUT2D eigenvalue weighted by Crippen LogP contribution is -2.24. The Morgan fingerprint density at radius 2 is 2.05 bits per heavy atom. The molecule has 2 rings (SSSR count). The molecule has 0 spiro atoms. The molecule has 0 unspecified atom stereocenters. The topological polar surface area (TPSA) is 58.6 Å². The number of methoxy groups -OCH3 is 1. The van der Waals surface area contributed by atoms with Crippen molar-refractivity contribution in [2.75, 3.05) is 21.2 Å². The molecule has 1 aliphatic rings. The lowest BCUT2D eigenvalue weighted by Gasteiger charge is -2.18. The fourth-order valence-corrected chi connectivity index (χ4v) is 3.34. The monoisotopic (exact) mass is 318 g/mol. The molecule has 20 heavy (non-hydrogen) atoms. The van der Waals surface area contributed by atoms with E-state index in [0.717, 1.165) is 22.7 Å². The summed E-state index contributed by atoms with van der Waals surface area (Å²) in [4.78, 5) is 0.102. The van der Waals surface area contributed by atoms with Crippen molar-refractivity contribution in [2.24, 2.45) is 0 Å². The van der Waals surface area contributed by atoms with Crippen molar-refractivity contribution in [1.82, 2.24) is 9.62 Å². The van der Waals surface area contributed by atoms with Crippen LogP contribution in [0.4, 0.5) is 0 Å².